The maximum Gasteiger partial charge on any atom is 0.365 e. The number of halogens is 1. The van der Waals surface area contributed by atoms with Crippen LogP contribution in [0.4, 0.5) is 5.69 Å². The van der Waals surface area contributed by atoms with Gasteiger partial charge in [0.1, 0.15) is 0 Å². The van der Waals surface area contributed by atoms with Crippen LogP contribution in [0.25, 0.3) is 0 Å². The lowest BCUT2D eigenvalue weighted by Gasteiger charge is -2.06. The number of nitro benzene ring substituents is 1. The number of nitro groups is 1. The lowest BCUT2D eigenvalue weighted by molar-refractivity contribution is -0.384. The molecule has 0 saturated heterocycles. The Labute approximate surface area is 176 Å². The van der Waals surface area contributed by atoms with Gasteiger partial charge in [-0.3, -0.25) is 14.8 Å². The normalized spacial score (nSPS) is 11.4. The molecular formula is C20H18ClN5O4. The minimum absolute atomic E-state index is 0.0729. The number of benzene rings is 2. The molecule has 30 heavy (non-hydrogen) atoms. The molecule has 0 aliphatic rings. The average molecular weight is 428 g/mol. The predicted molar refractivity (Wildman–Crippen MR) is 111 cm³/mol. The maximum absolute atomic E-state index is 12.2. The number of nitrogens with zero attached hydrogens (tertiary/aromatic N) is 4. The smallest absolute Gasteiger partial charge is 0.365 e. The van der Waals surface area contributed by atoms with Crippen molar-refractivity contribution in [3.8, 4) is 0 Å². The highest BCUT2D eigenvalue weighted by Crippen LogP contribution is 2.20. The highest BCUT2D eigenvalue weighted by Gasteiger charge is 2.12. The fourth-order valence-corrected chi connectivity index (χ4v) is 2.83. The van der Waals surface area contributed by atoms with Crippen LogP contribution in [-0.2, 0) is 11.4 Å². The van der Waals surface area contributed by atoms with Gasteiger partial charge in [-0.1, -0.05) is 28.9 Å². The summed E-state index contributed by atoms with van der Waals surface area (Å²) in [6, 6.07) is 12.2. The van der Waals surface area contributed by atoms with Gasteiger partial charge >= 0.3 is 5.97 Å². The molecule has 2 aromatic carbocycles. The molecule has 0 saturated carbocycles. The molecular weight excluding hydrogens is 410 g/mol. The number of rotatable bonds is 6. The van der Waals surface area contributed by atoms with Crippen molar-refractivity contribution in [3.05, 3.63) is 91.7 Å². The van der Waals surface area contributed by atoms with Crippen molar-refractivity contribution < 1.29 is 14.6 Å². The van der Waals surface area contributed by atoms with Crippen LogP contribution in [0.15, 0.2) is 53.7 Å². The van der Waals surface area contributed by atoms with Gasteiger partial charge in [0.05, 0.1) is 33.4 Å². The van der Waals surface area contributed by atoms with Crippen molar-refractivity contribution in [2.45, 2.75) is 20.4 Å². The average Bonchev–Trinajstić information content (AvgIpc) is 2.98. The third-order valence-corrected chi connectivity index (χ3v) is 4.96. The molecule has 3 rings (SSSR count). The molecule has 0 aliphatic carbocycles. The van der Waals surface area contributed by atoms with Crippen molar-refractivity contribution in [2.24, 2.45) is 10.9 Å². The summed E-state index contributed by atoms with van der Waals surface area (Å²) < 4.78 is 1.79. The highest BCUT2D eigenvalue weighted by molar-refractivity contribution is 6.31. The molecule has 10 heteroatoms. The Balaban J connectivity index is 1.64. The first kappa shape index (κ1) is 21.0. The van der Waals surface area contributed by atoms with E-state index in [1.165, 1.54) is 24.3 Å². The summed E-state index contributed by atoms with van der Waals surface area (Å²) in [6.45, 7) is 4.25. The van der Waals surface area contributed by atoms with Crippen molar-refractivity contribution in [3.63, 3.8) is 0 Å². The van der Waals surface area contributed by atoms with E-state index in [2.05, 4.69) is 10.3 Å². The zero-order valence-electron chi connectivity index (χ0n) is 16.2. The summed E-state index contributed by atoms with van der Waals surface area (Å²) in [7, 11) is 0. The number of oxime groups is 1. The molecule has 0 unspecified atom stereocenters. The van der Waals surface area contributed by atoms with Gasteiger partial charge in [0, 0.05) is 17.7 Å². The van der Waals surface area contributed by atoms with E-state index in [0.717, 1.165) is 17.0 Å². The number of carbonyl (C=O) groups is 1. The zero-order chi connectivity index (χ0) is 21.8. The molecule has 0 radical (unpaired) electrons. The molecule has 0 aliphatic heterocycles. The lowest BCUT2D eigenvalue weighted by atomic mass is 10.1. The van der Waals surface area contributed by atoms with Gasteiger partial charge in [-0.2, -0.15) is 5.10 Å². The molecule has 0 amide bonds. The maximum atomic E-state index is 12.2. The third kappa shape index (κ3) is 4.64. The highest BCUT2D eigenvalue weighted by atomic mass is 35.5. The third-order valence-electron chi connectivity index (χ3n) is 4.42. The Kier molecular flexibility index (Phi) is 6.12. The second-order valence-corrected chi connectivity index (χ2v) is 6.88. The molecule has 154 valence electrons. The van der Waals surface area contributed by atoms with Gasteiger partial charge in [0.2, 0.25) is 0 Å². The summed E-state index contributed by atoms with van der Waals surface area (Å²) in [6.07, 6.45) is 0. The van der Waals surface area contributed by atoms with Gasteiger partial charge in [-0.15, -0.1) is 0 Å². The van der Waals surface area contributed by atoms with Crippen LogP contribution in [0.2, 0.25) is 5.02 Å². The number of aryl methyl sites for hydroxylation is 1. The van der Waals surface area contributed by atoms with E-state index < -0.39 is 10.9 Å². The number of hydrogen-bond acceptors (Lipinski definition) is 6. The molecule has 2 N–H and O–H groups in total. The number of amidine groups is 1. The summed E-state index contributed by atoms with van der Waals surface area (Å²) in [5.74, 6) is -0.753. The topological polar surface area (TPSA) is 126 Å². The SMILES string of the molecule is Cc1nn(Cc2ccc(C(=O)O/N=C(\N)c3ccc([N+](=O)[O-])cc3)cc2)c(C)c1Cl. The molecule has 1 aromatic heterocycles. The Morgan fingerprint density at radius 3 is 2.30 bits per heavy atom. The molecule has 0 atom stereocenters. The Morgan fingerprint density at radius 1 is 1.17 bits per heavy atom. The van der Waals surface area contributed by atoms with E-state index in [9.17, 15) is 14.9 Å². The van der Waals surface area contributed by atoms with Crippen LogP contribution in [0.3, 0.4) is 0 Å². The van der Waals surface area contributed by atoms with Gasteiger partial charge in [-0.05, 0) is 43.7 Å². The van der Waals surface area contributed by atoms with Gasteiger partial charge in [0.15, 0.2) is 5.84 Å². The minimum atomic E-state index is -0.680. The molecule has 9 nitrogen and oxygen atoms in total. The predicted octanol–water partition coefficient (Wildman–Crippen LogP) is 3.59. The second kappa shape index (κ2) is 8.75. The molecule has 0 fully saturated rings. The van der Waals surface area contributed by atoms with Crippen LogP contribution in [0, 0.1) is 24.0 Å². The molecule has 0 bridgehead atoms. The fourth-order valence-electron chi connectivity index (χ4n) is 2.70. The number of carbonyl (C=O) groups excluding carboxylic acids is 1. The summed E-state index contributed by atoms with van der Waals surface area (Å²) in [4.78, 5) is 27.2. The Bertz CT molecular complexity index is 1120. The van der Waals surface area contributed by atoms with Crippen molar-refractivity contribution in [2.75, 3.05) is 0 Å². The number of nitrogens with two attached hydrogens (primary N) is 1. The first-order valence-electron chi connectivity index (χ1n) is 8.84. The summed E-state index contributed by atoms with van der Waals surface area (Å²) in [5.41, 5.74) is 8.95. The van der Waals surface area contributed by atoms with E-state index in [-0.39, 0.29) is 11.5 Å². The number of hydrogen-bond donors (Lipinski definition) is 1. The van der Waals surface area contributed by atoms with Crippen LogP contribution in [0.1, 0.15) is 32.9 Å². The first-order chi connectivity index (χ1) is 14.3. The Morgan fingerprint density at radius 2 is 1.77 bits per heavy atom. The quantitative estimate of drug-likeness (QED) is 0.210. The fraction of sp³-hybridized carbons (Fsp3) is 0.150. The molecule has 3 aromatic rings. The van der Waals surface area contributed by atoms with E-state index in [1.54, 1.807) is 28.9 Å². The van der Waals surface area contributed by atoms with Crippen molar-refractivity contribution >= 4 is 29.1 Å². The standard InChI is InChI=1S/C20H18ClN5O4/c1-12-18(21)13(2)25(23-12)11-14-3-5-16(6-4-14)20(27)30-24-19(22)15-7-9-17(10-8-15)26(28)29/h3-10H,11H2,1-2H3,(H2,22,24). The van der Waals surface area contributed by atoms with Crippen LogP contribution < -0.4 is 5.73 Å². The van der Waals surface area contributed by atoms with E-state index in [1.807, 2.05) is 13.8 Å². The lowest BCUT2D eigenvalue weighted by Crippen LogP contribution is -2.15. The molecule has 0 spiro atoms. The number of aromatic nitrogens is 2. The molecule has 1 heterocycles. The van der Waals surface area contributed by atoms with Gasteiger partial charge < -0.3 is 10.6 Å². The van der Waals surface area contributed by atoms with Crippen LogP contribution in [0.5, 0.6) is 0 Å². The van der Waals surface area contributed by atoms with Crippen LogP contribution >= 0.6 is 11.6 Å². The van der Waals surface area contributed by atoms with Gasteiger partial charge in [-0.25, -0.2) is 4.79 Å². The van der Waals surface area contributed by atoms with E-state index in [4.69, 9.17) is 22.2 Å². The minimum Gasteiger partial charge on any atom is -0.380 e. The van der Waals surface area contributed by atoms with Crippen molar-refractivity contribution in [1.29, 1.82) is 0 Å². The number of non-ortho nitro benzene ring substituents is 1. The van der Waals surface area contributed by atoms with Gasteiger partial charge in [0.25, 0.3) is 5.69 Å². The van der Waals surface area contributed by atoms with Crippen LogP contribution in [-0.4, -0.2) is 26.5 Å². The monoisotopic (exact) mass is 427 g/mol. The summed E-state index contributed by atoms with van der Waals surface area (Å²) >= 11 is 6.16. The van der Waals surface area contributed by atoms with E-state index in [0.29, 0.717) is 22.7 Å². The largest absolute Gasteiger partial charge is 0.380 e. The van der Waals surface area contributed by atoms with E-state index >= 15 is 0 Å². The zero-order valence-corrected chi connectivity index (χ0v) is 17.0. The second-order valence-electron chi connectivity index (χ2n) is 6.50. The summed E-state index contributed by atoms with van der Waals surface area (Å²) in [5, 5.41) is 19.3. The van der Waals surface area contributed by atoms with Crippen molar-refractivity contribution in [1.82, 2.24) is 9.78 Å². The first-order valence-corrected chi connectivity index (χ1v) is 9.22. The Hall–Kier alpha value is -3.72.